The molecule has 0 aromatic heterocycles. The molecule has 27 heavy (non-hydrogen) atoms. The number of nitrogens with one attached hydrogen (secondary N) is 1. The number of hydrogen-bond donors (Lipinski definition) is 2. The Kier molecular flexibility index (Phi) is 6.02. The molecule has 2 N–H and O–H groups in total. The number of aromatic hydroxyl groups is 1. The van der Waals surface area contributed by atoms with Gasteiger partial charge in [-0.05, 0) is 34.9 Å². The molecule has 0 unspecified atom stereocenters. The van der Waals surface area contributed by atoms with Crippen LogP contribution in [0.1, 0.15) is 5.56 Å². The van der Waals surface area contributed by atoms with Gasteiger partial charge in [0.2, 0.25) is 0 Å². The molecule has 0 bridgehead atoms. The maximum atomic E-state index is 10.9. The van der Waals surface area contributed by atoms with Gasteiger partial charge in [-0.25, -0.2) is 0 Å². The van der Waals surface area contributed by atoms with Crippen molar-refractivity contribution in [3.05, 3.63) is 88.5 Å². The zero-order chi connectivity index (χ0) is 19.1. The van der Waals surface area contributed by atoms with Crippen LogP contribution in [-0.2, 0) is 6.54 Å². The molecule has 0 aliphatic heterocycles. The lowest BCUT2D eigenvalue weighted by atomic mass is 10.0. The minimum absolute atomic E-state index is 0.308. The normalized spacial score (nSPS) is 10.5. The van der Waals surface area contributed by atoms with Gasteiger partial charge in [0.05, 0.1) is 4.92 Å². The quantitative estimate of drug-likeness (QED) is 0.357. The molecule has 0 amide bonds. The number of ether oxygens (including phenoxy) is 1. The number of phenols is 1. The Hall–Kier alpha value is -3.38. The molecule has 6 nitrogen and oxygen atoms in total. The maximum absolute atomic E-state index is 10.9. The summed E-state index contributed by atoms with van der Waals surface area (Å²) in [6.45, 7) is 2.06. The first kappa shape index (κ1) is 18.4. The number of rotatable bonds is 8. The summed E-state index contributed by atoms with van der Waals surface area (Å²) in [5, 5.41) is 23.8. The van der Waals surface area contributed by atoms with Gasteiger partial charge < -0.3 is 15.2 Å². The molecule has 3 aromatic carbocycles. The van der Waals surface area contributed by atoms with Gasteiger partial charge in [-0.2, -0.15) is 0 Å². The maximum Gasteiger partial charge on any atom is 0.311 e. The predicted octanol–water partition coefficient (Wildman–Crippen LogP) is 4.14. The van der Waals surface area contributed by atoms with Crippen LogP contribution in [0, 0.1) is 10.1 Å². The number of benzene rings is 3. The van der Waals surface area contributed by atoms with Gasteiger partial charge in [-0.3, -0.25) is 10.1 Å². The first-order chi connectivity index (χ1) is 13.1. The van der Waals surface area contributed by atoms with Gasteiger partial charge in [-0.15, -0.1) is 0 Å². The lowest BCUT2D eigenvalue weighted by molar-refractivity contribution is -0.385. The van der Waals surface area contributed by atoms with Crippen LogP contribution in [0.25, 0.3) is 11.1 Å². The second-order valence-electron chi connectivity index (χ2n) is 6.00. The van der Waals surface area contributed by atoms with E-state index in [4.69, 9.17) is 4.74 Å². The number of nitro benzene ring substituents is 1. The molecule has 0 aliphatic carbocycles. The van der Waals surface area contributed by atoms with E-state index in [0.717, 1.165) is 24.4 Å². The van der Waals surface area contributed by atoms with Crippen molar-refractivity contribution in [2.24, 2.45) is 0 Å². The fraction of sp³-hybridized carbons (Fsp3) is 0.143. The summed E-state index contributed by atoms with van der Waals surface area (Å²) in [6, 6.07) is 21.8. The van der Waals surface area contributed by atoms with E-state index >= 15 is 0 Å². The van der Waals surface area contributed by atoms with E-state index in [1.165, 1.54) is 17.7 Å². The highest BCUT2D eigenvalue weighted by Crippen LogP contribution is 2.31. The highest BCUT2D eigenvalue weighted by atomic mass is 16.6. The van der Waals surface area contributed by atoms with Crippen LogP contribution in [0.5, 0.6) is 11.5 Å². The lowest BCUT2D eigenvalue weighted by Gasteiger charge is -2.09. The van der Waals surface area contributed by atoms with Crippen molar-refractivity contribution in [2.75, 3.05) is 13.2 Å². The second kappa shape index (κ2) is 8.82. The van der Waals surface area contributed by atoms with Crippen molar-refractivity contribution in [1.29, 1.82) is 0 Å². The molecule has 0 fully saturated rings. The van der Waals surface area contributed by atoms with Gasteiger partial charge in [0.1, 0.15) is 12.4 Å². The number of hydrogen-bond acceptors (Lipinski definition) is 5. The van der Waals surface area contributed by atoms with E-state index < -0.39 is 4.92 Å². The van der Waals surface area contributed by atoms with Crippen LogP contribution in [0.15, 0.2) is 72.8 Å². The van der Waals surface area contributed by atoms with Crippen molar-refractivity contribution >= 4 is 5.69 Å². The number of nitrogens with zero attached hydrogens (tertiary/aromatic N) is 1. The Bertz CT molecular complexity index is 896. The van der Waals surface area contributed by atoms with Crippen molar-refractivity contribution < 1.29 is 14.8 Å². The first-order valence-corrected chi connectivity index (χ1v) is 8.59. The van der Waals surface area contributed by atoms with Gasteiger partial charge in [0.15, 0.2) is 5.75 Å². The minimum Gasteiger partial charge on any atom is -0.502 e. The summed E-state index contributed by atoms with van der Waals surface area (Å²) >= 11 is 0. The van der Waals surface area contributed by atoms with Crippen molar-refractivity contribution in [3.63, 3.8) is 0 Å². The summed E-state index contributed by atoms with van der Waals surface area (Å²) in [5.74, 6) is 0.389. The summed E-state index contributed by atoms with van der Waals surface area (Å²) in [5.41, 5.74) is 2.39. The van der Waals surface area contributed by atoms with E-state index in [-0.39, 0.29) is 11.4 Å². The van der Waals surface area contributed by atoms with Crippen LogP contribution in [-0.4, -0.2) is 23.2 Å². The average Bonchev–Trinajstić information content (AvgIpc) is 2.69. The molecule has 0 radical (unpaired) electrons. The Labute approximate surface area is 157 Å². The zero-order valence-electron chi connectivity index (χ0n) is 14.7. The molecule has 0 saturated carbocycles. The Morgan fingerprint density at radius 2 is 1.67 bits per heavy atom. The molecular formula is C21H20N2O4. The molecule has 6 heteroatoms. The van der Waals surface area contributed by atoms with Crippen molar-refractivity contribution in [1.82, 2.24) is 5.32 Å². The van der Waals surface area contributed by atoms with E-state index in [0.29, 0.717) is 12.2 Å². The summed E-state index contributed by atoms with van der Waals surface area (Å²) in [6.07, 6.45) is 0. The van der Waals surface area contributed by atoms with Crippen LogP contribution in [0.4, 0.5) is 5.69 Å². The fourth-order valence-corrected chi connectivity index (χ4v) is 2.66. The highest BCUT2D eigenvalue weighted by molar-refractivity contribution is 5.69. The van der Waals surface area contributed by atoms with Crippen LogP contribution >= 0.6 is 0 Å². The largest absolute Gasteiger partial charge is 0.502 e. The molecular weight excluding hydrogens is 344 g/mol. The Balaban J connectivity index is 1.52. The number of nitro groups is 1. The van der Waals surface area contributed by atoms with E-state index in [9.17, 15) is 15.2 Å². The smallest absolute Gasteiger partial charge is 0.311 e. The molecule has 0 heterocycles. The van der Waals surface area contributed by atoms with Gasteiger partial charge in [0, 0.05) is 19.2 Å². The molecule has 0 aliphatic rings. The van der Waals surface area contributed by atoms with E-state index in [2.05, 4.69) is 17.4 Å². The van der Waals surface area contributed by atoms with Gasteiger partial charge >= 0.3 is 5.69 Å². The second-order valence-corrected chi connectivity index (χ2v) is 6.00. The third-order valence-corrected chi connectivity index (χ3v) is 4.08. The summed E-state index contributed by atoms with van der Waals surface area (Å²) in [4.78, 5) is 10.3. The predicted molar refractivity (Wildman–Crippen MR) is 104 cm³/mol. The van der Waals surface area contributed by atoms with Crippen molar-refractivity contribution in [3.8, 4) is 22.6 Å². The SMILES string of the molecule is O=[N+]([O-])c1cc(-c2ccc(OCCNCc3ccccc3)cc2)ccc1O. The minimum atomic E-state index is -0.598. The summed E-state index contributed by atoms with van der Waals surface area (Å²) in [7, 11) is 0. The molecule has 0 saturated heterocycles. The molecule has 0 atom stereocenters. The molecule has 138 valence electrons. The zero-order valence-corrected chi connectivity index (χ0v) is 14.7. The van der Waals surface area contributed by atoms with Crippen molar-refractivity contribution in [2.45, 2.75) is 6.54 Å². The monoisotopic (exact) mass is 364 g/mol. The topological polar surface area (TPSA) is 84.6 Å². The van der Waals surface area contributed by atoms with Crippen LogP contribution in [0.2, 0.25) is 0 Å². The third-order valence-electron chi connectivity index (χ3n) is 4.08. The fourth-order valence-electron chi connectivity index (χ4n) is 2.66. The Morgan fingerprint density at radius 1 is 0.963 bits per heavy atom. The summed E-state index contributed by atoms with van der Waals surface area (Å²) < 4.78 is 5.71. The van der Waals surface area contributed by atoms with E-state index in [1.54, 1.807) is 6.07 Å². The van der Waals surface area contributed by atoms with Crippen LogP contribution in [0.3, 0.4) is 0 Å². The number of phenolic OH excluding ortho intramolecular Hbond substituents is 1. The van der Waals surface area contributed by atoms with Gasteiger partial charge in [0.25, 0.3) is 0 Å². The highest BCUT2D eigenvalue weighted by Gasteiger charge is 2.14. The third kappa shape index (κ3) is 5.05. The van der Waals surface area contributed by atoms with Gasteiger partial charge in [-0.1, -0.05) is 48.5 Å². The first-order valence-electron chi connectivity index (χ1n) is 8.59. The van der Waals surface area contributed by atoms with Crippen LogP contribution < -0.4 is 10.1 Å². The molecule has 3 aromatic rings. The Morgan fingerprint density at radius 3 is 2.37 bits per heavy atom. The lowest BCUT2D eigenvalue weighted by Crippen LogP contribution is -2.20. The standard InChI is InChI=1S/C21H20N2O4/c24-21-11-8-18(14-20(21)23(25)26)17-6-9-19(10-7-17)27-13-12-22-15-16-4-2-1-3-5-16/h1-11,14,22,24H,12-13,15H2. The molecule has 3 rings (SSSR count). The average molecular weight is 364 g/mol. The van der Waals surface area contributed by atoms with E-state index in [1.807, 2.05) is 42.5 Å². The molecule has 0 spiro atoms.